The van der Waals surface area contributed by atoms with Crippen molar-refractivity contribution in [1.82, 2.24) is 0 Å². The van der Waals surface area contributed by atoms with Crippen LogP contribution in [0.25, 0.3) is 0 Å². The lowest BCUT2D eigenvalue weighted by molar-refractivity contribution is 0.352. The minimum absolute atomic E-state index is 0.0457. The predicted molar refractivity (Wildman–Crippen MR) is 71.4 cm³/mol. The highest BCUT2D eigenvalue weighted by atomic mass is 79.9. The summed E-state index contributed by atoms with van der Waals surface area (Å²) in [4.78, 5) is 0. The lowest BCUT2D eigenvalue weighted by Gasteiger charge is -2.16. The van der Waals surface area contributed by atoms with Crippen LogP contribution in [0.5, 0.6) is 5.75 Å². The summed E-state index contributed by atoms with van der Waals surface area (Å²) in [5.74, 6) is 1.61. The van der Waals surface area contributed by atoms with Gasteiger partial charge in [-0.1, -0.05) is 29.8 Å². The van der Waals surface area contributed by atoms with Crippen LogP contribution in [-0.4, -0.2) is 6.61 Å². The van der Waals surface area contributed by atoms with Gasteiger partial charge < -0.3 is 4.74 Å². The molecule has 0 saturated heterocycles. The van der Waals surface area contributed by atoms with Gasteiger partial charge in [0.05, 0.1) is 12.0 Å². The lowest BCUT2D eigenvalue weighted by Crippen LogP contribution is -1.99. The molecule has 0 saturated carbocycles. The van der Waals surface area contributed by atoms with Crippen LogP contribution < -0.4 is 4.74 Å². The molecule has 0 bridgehead atoms. The van der Waals surface area contributed by atoms with Crippen molar-refractivity contribution >= 4 is 27.5 Å². The molecule has 1 aromatic carbocycles. The number of alkyl halides is 1. The largest absolute Gasteiger partial charge is 0.493 e. The second-order valence-corrected chi connectivity index (χ2v) is 6.12. The van der Waals surface area contributed by atoms with Gasteiger partial charge in [-0.15, -0.1) is 11.6 Å². The van der Waals surface area contributed by atoms with Gasteiger partial charge in [-0.25, -0.2) is 0 Å². The van der Waals surface area contributed by atoms with Gasteiger partial charge in [-0.3, -0.25) is 0 Å². The standard InChI is InChI=1S/C13H16BrClO/c1-8(2)5-12(15)11-7-10(14)6-9-3-4-16-13(9)11/h6-8,12H,3-5H2,1-2H3. The maximum atomic E-state index is 6.46. The van der Waals surface area contributed by atoms with Gasteiger partial charge in [0.2, 0.25) is 0 Å². The van der Waals surface area contributed by atoms with Gasteiger partial charge >= 0.3 is 0 Å². The zero-order valence-electron chi connectivity index (χ0n) is 9.59. The van der Waals surface area contributed by atoms with Crippen LogP contribution in [0.3, 0.4) is 0 Å². The second kappa shape index (κ2) is 4.97. The van der Waals surface area contributed by atoms with Crippen LogP contribution in [0.15, 0.2) is 16.6 Å². The van der Waals surface area contributed by atoms with Gasteiger partial charge in [0, 0.05) is 16.5 Å². The second-order valence-electron chi connectivity index (χ2n) is 4.68. The van der Waals surface area contributed by atoms with Crippen LogP contribution >= 0.6 is 27.5 Å². The number of hydrogen-bond acceptors (Lipinski definition) is 1. The summed E-state index contributed by atoms with van der Waals surface area (Å²) < 4.78 is 6.78. The minimum atomic E-state index is 0.0457. The van der Waals surface area contributed by atoms with E-state index in [1.807, 2.05) is 0 Å². The molecule has 16 heavy (non-hydrogen) atoms. The molecule has 2 rings (SSSR count). The van der Waals surface area contributed by atoms with Gasteiger partial charge in [0.25, 0.3) is 0 Å². The number of fused-ring (bicyclic) bond motifs is 1. The minimum Gasteiger partial charge on any atom is -0.493 e. The summed E-state index contributed by atoms with van der Waals surface area (Å²) in [5.41, 5.74) is 2.41. The van der Waals surface area contributed by atoms with E-state index in [1.54, 1.807) is 0 Å². The van der Waals surface area contributed by atoms with E-state index in [2.05, 4.69) is 41.9 Å². The van der Waals surface area contributed by atoms with E-state index in [-0.39, 0.29) is 5.38 Å². The normalized spacial score (nSPS) is 16.1. The molecule has 1 unspecified atom stereocenters. The van der Waals surface area contributed by atoms with Crippen LogP contribution in [0, 0.1) is 5.92 Å². The molecule has 0 fully saturated rings. The number of rotatable bonds is 3. The Morgan fingerprint density at radius 3 is 2.88 bits per heavy atom. The Bertz CT molecular complexity index is 390. The molecule has 1 aromatic rings. The Hall–Kier alpha value is -0.210. The Morgan fingerprint density at radius 2 is 2.19 bits per heavy atom. The van der Waals surface area contributed by atoms with Crippen molar-refractivity contribution in [3.8, 4) is 5.75 Å². The molecule has 1 heterocycles. The van der Waals surface area contributed by atoms with Gasteiger partial charge in [0.1, 0.15) is 5.75 Å². The summed E-state index contributed by atoms with van der Waals surface area (Å²) in [6.07, 6.45) is 1.97. The number of ether oxygens (including phenoxy) is 1. The zero-order valence-corrected chi connectivity index (χ0v) is 11.9. The highest BCUT2D eigenvalue weighted by Gasteiger charge is 2.22. The van der Waals surface area contributed by atoms with Crippen molar-refractivity contribution < 1.29 is 4.74 Å². The Kier molecular flexibility index (Phi) is 3.81. The van der Waals surface area contributed by atoms with E-state index in [1.165, 1.54) is 5.56 Å². The molecule has 88 valence electrons. The first kappa shape index (κ1) is 12.3. The topological polar surface area (TPSA) is 9.23 Å². The molecule has 3 heteroatoms. The molecule has 0 amide bonds. The van der Waals surface area contributed by atoms with E-state index in [9.17, 15) is 0 Å². The highest BCUT2D eigenvalue weighted by molar-refractivity contribution is 9.10. The molecule has 0 aromatic heterocycles. The first-order valence-corrected chi connectivity index (χ1v) is 6.90. The van der Waals surface area contributed by atoms with Gasteiger partial charge in [-0.05, 0) is 30.0 Å². The molecule has 1 nitrogen and oxygen atoms in total. The molecule has 1 aliphatic rings. The van der Waals surface area contributed by atoms with Crippen LogP contribution in [0.1, 0.15) is 36.8 Å². The average Bonchev–Trinajstić information content (AvgIpc) is 2.62. The third-order valence-corrected chi connectivity index (χ3v) is 3.66. The number of benzene rings is 1. The summed E-state index contributed by atoms with van der Waals surface area (Å²) in [6.45, 7) is 5.16. The fraction of sp³-hybridized carbons (Fsp3) is 0.538. The van der Waals surface area contributed by atoms with Gasteiger partial charge in [-0.2, -0.15) is 0 Å². The van der Waals surface area contributed by atoms with Crippen molar-refractivity contribution in [3.63, 3.8) is 0 Å². The van der Waals surface area contributed by atoms with Crippen LogP contribution in [-0.2, 0) is 6.42 Å². The Labute approximate surface area is 110 Å². The van der Waals surface area contributed by atoms with E-state index in [0.29, 0.717) is 5.92 Å². The fourth-order valence-corrected chi connectivity index (χ4v) is 3.11. The smallest absolute Gasteiger partial charge is 0.127 e. The first-order chi connectivity index (χ1) is 7.58. The number of halogens is 2. The predicted octanol–water partition coefficient (Wildman–Crippen LogP) is 4.71. The lowest BCUT2D eigenvalue weighted by atomic mass is 9.99. The first-order valence-electron chi connectivity index (χ1n) is 5.67. The molecule has 1 aliphatic heterocycles. The number of hydrogen-bond donors (Lipinski definition) is 0. The third kappa shape index (κ3) is 2.54. The van der Waals surface area contributed by atoms with E-state index in [0.717, 1.165) is 35.2 Å². The van der Waals surface area contributed by atoms with Crippen molar-refractivity contribution in [2.75, 3.05) is 6.61 Å². The van der Waals surface area contributed by atoms with Crippen molar-refractivity contribution in [1.29, 1.82) is 0 Å². The third-order valence-electron chi connectivity index (χ3n) is 2.79. The van der Waals surface area contributed by atoms with Crippen LogP contribution in [0.2, 0.25) is 0 Å². The monoisotopic (exact) mass is 302 g/mol. The maximum Gasteiger partial charge on any atom is 0.127 e. The molecule has 0 N–H and O–H groups in total. The summed E-state index contributed by atoms with van der Waals surface area (Å²) in [6, 6.07) is 4.22. The van der Waals surface area contributed by atoms with Crippen molar-refractivity contribution in [3.05, 3.63) is 27.7 Å². The quantitative estimate of drug-likeness (QED) is 0.735. The van der Waals surface area contributed by atoms with Crippen LogP contribution in [0.4, 0.5) is 0 Å². The van der Waals surface area contributed by atoms with Gasteiger partial charge in [0.15, 0.2) is 0 Å². The molecule has 1 atom stereocenters. The summed E-state index contributed by atoms with van der Waals surface area (Å²) in [7, 11) is 0. The molecule has 0 spiro atoms. The Balaban J connectivity index is 2.33. The summed E-state index contributed by atoms with van der Waals surface area (Å²) >= 11 is 9.99. The highest BCUT2D eigenvalue weighted by Crippen LogP contribution is 2.40. The molecular weight excluding hydrogens is 287 g/mol. The fourth-order valence-electron chi connectivity index (χ4n) is 2.07. The Morgan fingerprint density at radius 1 is 1.44 bits per heavy atom. The molecule has 0 aliphatic carbocycles. The SMILES string of the molecule is CC(C)CC(Cl)c1cc(Br)cc2c1OCC2. The maximum absolute atomic E-state index is 6.46. The zero-order chi connectivity index (χ0) is 11.7. The average molecular weight is 304 g/mol. The van der Waals surface area contributed by atoms with Crippen molar-refractivity contribution in [2.45, 2.75) is 32.1 Å². The van der Waals surface area contributed by atoms with E-state index < -0.39 is 0 Å². The van der Waals surface area contributed by atoms with Crippen molar-refractivity contribution in [2.24, 2.45) is 5.92 Å². The van der Waals surface area contributed by atoms with E-state index in [4.69, 9.17) is 16.3 Å². The van der Waals surface area contributed by atoms with E-state index >= 15 is 0 Å². The molecular formula is C13H16BrClO. The summed E-state index contributed by atoms with van der Waals surface area (Å²) in [5, 5.41) is 0.0457. The molecule has 0 radical (unpaired) electrons.